The van der Waals surface area contributed by atoms with Crippen LogP contribution in [-0.4, -0.2) is 112 Å². The van der Waals surface area contributed by atoms with Crippen molar-refractivity contribution in [3.8, 4) is 58.1 Å². The SMILES string of the molecule is CC#N.CC#N.COC(=O)c1cccc(OC)c1[O-].COC(=O)c1cccc(OC)c1[O-].COC(=O)c1cccc(OC)c1[O-].COC(=O)c1cccc(OC)c1[O-].O=[N+]([O-])[O-].O=[N+]([O-])[O-].O=[N+]([O-])[O-].O=[N+]([O-])[O-].[Eu+3].[Eu+3].[OH-].[OH-].[Zn+2].[Zn+2]. The molecule has 40 heteroatoms. The zero-order valence-corrected chi connectivity index (χ0v) is 53.9. The molecule has 0 radical (unpaired) electrons. The minimum Gasteiger partial charge on any atom is -0.870 e. The fraction of sp³-hybridized carbons (Fsp3) is 0.250. The van der Waals surface area contributed by atoms with Crippen molar-refractivity contribution in [3.05, 3.63) is 156 Å². The number of nitriles is 2. The van der Waals surface area contributed by atoms with Crippen molar-refractivity contribution in [3.63, 3.8) is 0 Å². The molecule has 4 aromatic carbocycles. The molecule has 4 aromatic rings. The van der Waals surface area contributed by atoms with Crippen LogP contribution in [0.15, 0.2) is 72.8 Å². The van der Waals surface area contributed by atoms with E-state index in [2.05, 4.69) is 18.9 Å². The van der Waals surface area contributed by atoms with E-state index in [1.165, 1.54) is 119 Å². The predicted molar refractivity (Wildman–Crippen MR) is 243 cm³/mol. The van der Waals surface area contributed by atoms with Crippen molar-refractivity contribution in [2.75, 3.05) is 56.9 Å². The average molecular weight is 1520 g/mol. The van der Waals surface area contributed by atoms with Gasteiger partial charge in [-0.25, -0.2) is 19.2 Å². The van der Waals surface area contributed by atoms with Gasteiger partial charge in [0.2, 0.25) is 0 Å². The maximum absolute atomic E-state index is 11.4. The van der Waals surface area contributed by atoms with E-state index in [1.54, 1.807) is 36.4 Å². The number of nitrogens with zero attached hydrogens (tertiary/aromatic N) is 6. The maximum atomic E-state index is 11.4. The Morgan fingerprint density at radius 3 is 0.575 bits per heavy atom. The molecule has 2 N–H and O–H groups in total. The molecule has 4 rings (SSSR count). The van der Waals surface area contributed by atoms with Crippen molar-refractivity contribution in [1.82, 2.24) is 0 Å². The predicted octanol–water partition coefficient (Wildman–Crippen LogP) is 1.97. The van der Waals surface area contributed by atoms with Gasteiger partial charge in [0.1, 0.15) is 23.0 Å². The number of carbonyl (C=O) groups is 4. The molecular formula is C40H44Eu2N6O30Zn2. The summed E-state index contributed by atoms with van der Waals surface area (Å²) in [5.74, 6) is -3.82. The Morgan fingerprint density at radius 1 is 0.375 bits per heavy atom. The molecule has 0 amide bonds. The smallest absolute Gasteiger partial charge is 0.870 e. The van der Waals surface area contributed by atoms with Crippen LogP contribution in [0.5, 0.6) is 46.0 Å². The number of para-hydroxylation sites is 4. The zero-order valence-electron chi connectivity index (χ0n) is 43.1. The fourth-order valence-corrected chi connectivity index (χ4v) is 3.79. The molecule has 0 atom stereocenters. The van der Waals surface area contributed by atoms with E-state index in [9.17, 15) is 39.6 Å². The van der Waals surface area contributed by atoms with E-state index in [1.807, 2.05) is 0 Å². The monoisotopic (exact) mass is 1520 g/mol. The molecule has 0 aliphatic carbocycles. The third-order valence-corrected chi connectivity index (χ3v) is 6.42. The Labute approximate surface area is 559 Å². The molecule has 0 aliphatic rings. The summed E-state index contributed by atoms with van der Waals surface area (Å²) in [6.45, 7) is 2.86. The first kappa shape index (κ1) is 102. The topological polar surface area (TPSA) is 607 Å². The van der Waals surface area contributed by atoms with Crippen molar-refractivity contribution in [1.29, 1.82) is 10.5 Å². The van der Waals surface area contributed by atoms with Gasteiger partial charge in [-0.2, -0.15) is 10.5 Å². The first-order valence-corrected chi connectivity index (χ1v) is 18.1. The minimum absolute atomic E-state index is 0. The Balaban J connectivity index is -0.0000000670. The minimum atomic E-state index is -1.75. The number of hydrogen-bond donors (Lipinski definition) is 0. The number of rotatable bonds is 8. The fourth-order valence-electron chi connectivity index (χ4n) is 3.79. The Hall–Kier alpha value is -6.72. The molecule has 0 saturated heterocycles. The molecule has 432 valence electrons. The molecular weight excluding hydrogens is 1480 g/mol. The third-order valence-electron chi connectivity index (χ3n) is 6.42. The van der Waals surface area contributed by atoms with Crippen LogP contribution in [0.25, 0.3) is 0 Å². The summed E-state index contributed by atoms with van der Waals surface area (Å²) in [4.78, 5) is 77.1. The van der Waals surface area contributed by atoms with Crippen LogP contribution in [-0.2, 0) is 57.9 Å². The molecule has 0 spiro atoms. The van der Waals surface area contributed by atoms with Gasteiger partial charge in [0, 0.05) is 13.8 Å². The first-order valence-electron chi connectivity index (χ1n) is 18.1. The third kappa shape index (κ3) is 53.3. The van der Waals surface area contributed by atoms with Crippen LogP contribution >= 0.6 is 0 Å². The van der Waals surface area contributed by atoms with Crippen molar-refractivity contribution < 1.29 is 247 Å². The summed E-state index contributed by atoms with van der Waals surface area (Å²) >= 11 is 0. The summed E-state index contributed by atoms with van der Waals surface area (Å²) in [5.41, 5.74) is -0.0487. The van der Waals surface area contributed by atoms with E-state index >= 15 is 0 Å². The summed E-state index contributed by atoms with van der Waals surface area (Å²) in [6, 6.07) is 21.3. The van der Waals surface area contributed by atoms with Crippen LogP contribution < -0.4 is 39.4 Å². The van der Waals surface area contributed by atoms with Gasteiger partial charge in [0.05, 0.1) is 112 Å². The largest absolute Gasteiger partial charge is 3.00 e. The number of benzene rings is 4. The van der Waals surface area contributed by atoms with Crippen LogP contribution in [0.4, 0.5) is 0 Å². The second-order valence-corrected chi connectivity index (χ2v) is 10.7. The van der Waals surface area contributed by atoms with Crippen LogP contribution in [0.3, 0.4) is 0 Å². The van der Waals surface area contributed by atoms with Gasteiger partial charge in [-0.05, 0) is 48.5 Å². The van der Waals surface area contributed by atoms with Gasteiger partial charge in [-0.15, -0.1) is 0 Å². The Kier molecular flexibility index (Phi) is 82.6. The van der Waals surface area contributed by atoms with E-state index in [0.29, 0.717) is 0 Å². The molecule has 0 heterocycles. The first-order chi connectivity index (χ1) is 34.6. The van der Waals surface area contributed by atoms with Gasteiger partial charge in [-0.1, -0.05) is 47.3 Å². The second-order valence-electron chi connectivity index (χ2n) is 10.7. The molecule has 0 saturated carbocycles. The Morgan fingerprint density at radius 2 is 0.487 bits per heavy atom. The van der Waals surface area contributed by atoms with Gasteiger partial charge in [0.25, 0.3) is 0 Å². The summed E-state index contributed by atoms with van der Waals surface area (Å²) in [6.07, 6.45) is 0. The summed E-state index contributed by atoms with van der Waals surface area (Å²) in [5, 5.41) is 119. The van der Waals surface area contributed by atoms with Crippen molar-refractivity contribution in [2.45, 2.75) is 13.8 Å². The number of ether oxygens (including phenoxy) is 8. The van der Waals surface area contributed by atoms with E-state index < -0.39 is 67.2 Å². The number of hydrogen-bond acceptors (Lipinski definition) is 32. The zero-order chi connectivity index (χ0) is 59.1. The summed E-state index contributed by atoms with van der Waals surface area (Å²) < 4.78 is 36.7. The number of methoxy groups -OCH3 is 8. The van der Waals surface area contributed by atoms with Gasteiger partial charge >= 0.3 is 162 Å². The summed E-state index contributed by atoms with van der Waals surface area (Å²) in [7, 11) is 10.4. The molecule has 0 bridgehead atoms. The van der Waals surface area contributed by atoms with Gasteiger partial charge in [0.15, 0.2) is 0 Å². The molecule has 36 nitrogen and oxygen atoms in total. The molecule has 80 heavy (non-hydrogen) atoms. The molecule has 0 aromatic heterocycles. The van der Waals surface area contributed by atoms with E-state index in [4.69, 9.17) is 90.8 Å². The van der Waals surface area contributed by atoms with Crippen LogP contribution in [0, 0.1) is 183 Å². The van der Waals surface area contributed by atoms with Crippen molar-refractivity contribution in [2.24, 2.45) is 0 Å². The Bertz CT molecular complexity index is 2130. The quantitative estimate of drug-likeness (QED) is 0.0800. The number of esters is 4. The number of carbonyl (C=O) groups excluding carboxylic acids is 4. The van der Waals surface area contributed by atoms with Gasteiger partial charge < -0.3 is 131 Å². The van der Waals surface area contributed by atoms with Crippen LogP contribution in [0.1, 0.15) is 55.3 Å². The normalized spacial score (nSPS) is 7.50. The van der Waals surface area contributed by atoms with Crippen molar-refractivity contribution >= 4 is 23.9 Å². The molecule has 0 aliphatic heterocycles. The maximum Gasteiger partial charge on any atom is 3.00 e. The van der Waals surface area contributed by atoms with Gasteiger partial charge in [-0.3, -0.25) is 0 Å². The average Bonchev–Trinajstić information content (AvgIpc) is 3.33. The molecule has 0 unspecified atom stereocenters. The van der Waals surface area contributed by atoms with E-state index in [0.717, 1.165) is 0 Å². The van der Waals surface area contributed by atoms with E-state index in [-0.39, 0.29) is 194 Å². The van der Waals surface area contributed by atoms with Crippen LogP contribution in [0.2, 0.25) is 0 Å². The standard InChI is InChI=1S/4C9H10O4.2C2H3N.2Eu.4NO3.2H2O.2Zn/c4*1-12-7-5-3-4-6(8(7)10)9(11)13-2;2*1-2-3;;;4*2-1(3)4;;;;/h4*3-5,10H,1-2H3;2*1H3;;;;;;;2*1H2;;/q;;;;;;2*+3;4*-1;;;2*+2/p-6. The molecule has 0 fully saturated rings. The second kappa shape index (κ2) is 64.8.